The third-order valence-corrected chi connectivity index (χ3v) is 12.7. The van der Waals surface area contributed by atoms with Crippen molar-refractivity contribution in [2.24, 2.45) is 17.3 Å². The Kier molecular flexibility index (Phi) is 23.5. The number of hydrogen-bond acceptors (Lipinski definition) is 6. The summed E-state index contributed by atoms with van der Waals surface area (Å²) >= 11 is 6.63. The van der Waals surface area contributed by atoms with Crippen molar-refractivity contribution < 1.29 is 29.3 Å². The van der Waals surface area contributed by atoms with Crippen LogP contribution in [0.5, 0.6) is 0 Å². The highest BCUT2D eigenvalue weighted by Crippen LogP contribution is 2.48. The lowest BCUT2D eigenvalue weighted by molar-refractivity contribution is -0.144. The summed E-state index contributed by atoms with van der Waals surface area (Å²) < 4.78 is 10.7. The predicted molar refractivity (Wildman–Crippen MR) is 223 cm³/mol. The van der Waals surface area contributed by atoms with Gasteiger partial charge in [-0.3, -0.25) is 4.79 Å². The van der Waals surface area contributed by atoms with Crippen LogP contribution >= 0.6 is 11.6 Å². The molecule has 0 saturated heterocycles. The van der Waals surface area contributed by atoms with E-state index in [9.17, 15) is 19.8 Å². The average Bonchev–Trinajstić information content (AvgIpc) is 3.42. The van der Waals surface area contributed by atoms with Gasteiger partial charge in [0.05, 0.1) is 17.8 Å². The quantitative estimate of drug-likeness (QED) is 0.0350. The number of allylic oxidation sites excluding steroid dienone is 2. The summed E-state index contributed by atoms with van der Waals surface area (Å²) in [5.74, 6) is -0.565. The molecule has 0 aliphatic heterocycles. The van der Waals surface area contributed by atoms with Crippen LogP contribution in [0.15, 0.2) is 48.6 Å². The molecule has 0 unspecified atom stereocenters. The largest absolute Gasteiger partial charge is 0.462 e. The molecule has 0 amide bonds. The fourth-order valence-corrected chi connectivity index (χ4v) is 8.84. The van der Waals surface area contributed by atoms with E-state index in [0.29, 0.717) is 31.2 Å². The van der Waals surface area contributed by atoms with Crippen LogP contribution in [0, 0.1) is 17.3 Å². The third-order valence-electron chi connectivity index (χ3n) is 12.2. The highest BCUT2D eigenvalue weighted by molar-refractivity contribution is 6.21. The Hall–Kier alpha value is -2.15. The summed E-state index contributed by atoms with van der Waals surface area (Å²) in [7, 11) is 0. The van der Waals surface area contributed by atoms with Crippen LogP contribution in [0.3, 0.4) is 0 Å². The number of halogens is 1. The number of rotatable bonds is 30. The zero-order valence-electron chi connectivity index (χ0n) is 34.0. The summed E-state index contributed by atoms with van der Waals surface area (Å²) in [5, 5.41) is 21.3. The van der Waals surface area contributed by atoms with Crippen molar-refractivity contribution >= 4 is 23.5 Å². The SMILES string of the molecule is CCCCCCCCCCCCCCCCc1cccc(C(=O)OCCOC(=O)CCC/C=C\C[C@@H]2[C@@H](/C=C/C[C@H](O)C3(CC)CCC3)[C@H](O)C[C@H]2Cl)c1. The minimum absolute atomic E-state index is 0.0184. The number of aliphatic hydroxyl groups excluding tert-OH is 2. The molecule has 2 saturated carbocycles. The third kappa shape index (κ3) is 17.3. The normalized spacial score (nSPS) is 21.4. The number of aryl methyl sites for hydroxylation is 1. The molecular formula is C47H75ClO6. The Bertz CT molecular complexity index is 1220. The maximum Gasteiger partial charge on any atom is 0.338 e. The van der Waals surface area contributed by atoms with E-state index in [2.05, 4.69) is 38.1 Å². The van der Waals surface area contributed by atoms with Gasteiger partial charge in [-0.1, -0.05) is 140 Å². The Labute approximate surface area is 333 Å². The van der Waals surface area contributed by atoms with Gasteiger partial charge in [-0.2, -0.15) is 0 Å². The molecular weight excluding hydrogens is 696 g/mol. The van der Waals surface area contributed by atoms with E-state index in [-0.39, 0.29) is 53.9 Å². The van der Waals surface area contributed by atoms with E-state index in [1.165, 1.54) is 89.9 Å². The first kappa shape index (κ1) is 46.2. The number of aliphatic hydroxyl groups is 2. The molecule has 2 fully saturated rings. The number of ether oxygens (including phenoxy) is 2. The molecule has 7 heteroatoms. The highest BCUT2D eigenvalue weighted by Gasteiger charge is 2.42. The molecule has 6 nitrogen and oxygen atoms in total. The number of carbonyl (C=O) groups is 2. The van der Waals surface area contributed by atoms with Crippen molar-refractivity contribution in [3.8, 4) is 0 Å². The number of alkyl halides is 1. The lowest BCUT2D eigenvalue weighted by Crippen LogP contribution is -2.40. The minimum atomic E-state index is -0.467. The summed E-state index contributed by atoms with van der Waals surface area (Å²) in [6, 6.07) is 7.69. The number of carbonyl (C=O) groups excluding carboxylic acids is 2. The average molecular weight is 772 g/mol. The van der Waals surface area contributed by atoms with Gasteiger partial charge in [0.15, 0.2) is 0 Å². The fraction of sp³-hybridized carbons (Fsp3) is 0.745. The predicted octanol–water partition coefficient (Wildman–Crippen LogP) is 12.0. The van der Waals surface area contributed by atoms with Crippen LogP contribution in [0.1, 0.15) is 184 Å². The van der Waals surface area contributed by atoms with Gasteiger partial charge >= 0.3 is 11.9 Å². The smallest absolute Gasteiger partial charge is 0.338 e. The van der Waals surface area contributed by atoms with E-state index >= 15 is 0 Å². The van der Waals surface area contributed by atoms with Crippen LogP contribution in [-0.4, -0.2) is 53.0 Å². The molecule has 1 aromatic rings. The lowest BCUT2D eigenvalue weighted by Gasteiger charge is -2.45. The molecule has 2 aliphatic rings. The van der Waals surface area contributed by atoms with E-state index in [1.54, 1.807) is 6.07 Å². The van der Waals surface area contributed by atoms with Crippen molar-refractivity contribution in [1.29, 1.82) is 0 Å². The van der Waals surface area contributed by atoms with Crippen LogP contribution < -0.4 is 0 Å². The molecule has 3 rings (SSSR count). The van der Waals surface area contributed by atoms with Gasteiger partial charge in [0.2, 0.25) is 0 Å². The van der Waals surface area contributed by atoms with Gasteiger partial charge in [0.25, 0.3) is 0 Å². The van der Waals surface area contributed by atoms with Crippen LogP contribution in [-0.2, 0) is 20.7 Å². The molecule has 0 radical (unpaired) electrons. The second-order valence-electron chi connectivity index (χ2n) is 16.3. The Morgan fingerprint density at radius 2 is 1.52 bits per heavy atom. The van der Waals surface area contributed by atoms with Crippen LogP contribution in [0.25, 0.3) is 0 Å². The Morgan fingerprint density at radius 3 is 2.15 bits per heavy atom. The number of hydrogen-bond donors (Lipinski definition) is 2. The molecule has 0 bridgehead atoms. The molecule has 0 aromatic heterocycles. The fourth-order valence-electron chi connectivity index (χ4n) is 8.39. The molecule has 54 heavy (non-hydrogen) atoms. The van der Waals surface area contributed by atoms with Crippen molar-refractivity contribution in [3.63, 3.8) is 0 Å². The summed E-state index contributed by atoms with van der Waals surface area (Å²) in [6.07, 6.45) is 35.3. The zero-order valence-corrected chi connectivity index (χ0v) is 34.8. The van der Waals surface area contributed by atoms with E-state index in [0.717, 1.165) is 50.5 Å². The number of unbranched alkanes of at least 4 members (excludes halogenated alkanes) is 14. The van der Waals surface area contributed by atoms with E-state index in [1.807, 2.05) is 18.2 Å². The molecule has 1 aromatic carbocycles. The van der Waals surface area contributed by atoms with Crippen molar-refractivity contribution in [1.82, 2.24) is 0 Å². The molecule has 5 atom stereocenters. The maximum atomic E-state index is 12.6. The van der Waals surface area contributed by atoms with Gasteiger partial charge in [0, 0.05) is 17.7 Å². The molecule has 306 valence electrons. The van der Waals surface area contributed by atoms with Gasteiger partial charge in [-0.25, -0.2) is 4.79 Å². The maximum absolute atomic E-state index is 12.6. The number of esters is 2. The van der Waals surface area contributed by atoms with E-state index in [4.69, 9.17) is 21.1 Å². The lowest BCUT2D eigenvalue weighted by atomic mass is 9.63. The van der Waals surface area contributed by atoms with Crippen molar-refractivity contribution in [3.05, 3.63) is 59.7 Å². The molecule has 0 spiro atoms. The Morgan fingerprint density at radius 1 is 0.870 bits per heavy atom. The monoisotopic (exact) mass is 771 g/mol. The standard InChI is InChI=1S/C47H75ClO6/c1-3-5-6-7-8-9-10-11-12-13-14-15-16-19-25-38-26-22-27-39(36-38)46(52)54-35-34-53-45(51)31-21-18-17-20-28-40-41(43(49)37-42(40)48)29-23-30-44(50)47(4-2)32-24-33-47/h17,20,22-23,26-27,29,36,40-44,49-50H,3-16,18-19,21,24-25,28,30-35,37H2,1-2H3/b20-17-,29-23+/t40-,41-,42-,43-,44+/m1/s1. The van der Waals surface area contributed by atoms with Crippen LogP contribution in [0.4, 0.5) is 0 Å². The van der Waals surface area contributed by atoms with Gasteiger partial charge in [-0.05, 0) is 93.2 Å². The molecule has 2 N–H and O–H groups in total. The summed E-state index contributed by atoms with van der Waals surface area (Å²) in [4.78, 5) is 24.8. The second kappa shape index (κ2) is 27.4. The first-order chi connectivity index (χ1) is 26.3. The Balaban J connectivity index is 1.19. The van der Waals surface area contributed by atoms with Gasteiger partial charge in [-0.15, -0.1) is 11.6 Å². The van der Waals surface area contributed by atoms with Crippen molar-refractivity contribution in [2.45, 2.75) is 192 Å². The minimum Gasteiger partial charge on any atom is -0.462 e. The topological polar surface area (TPSA) is 93.1 Å². The summed E-state index contributed by atoms with van der Waals surface area (Å²) in [6.45, 7) is 4.52. The second-order valence-corrected chi connectivity index (χ2v) is 16.9. The highest BCUT2D eigenvalue weighted by atomic mass is 35.5. The number of benzene rings is 1. The van der Waals surface area contributed by atoms with E-state index < -0.39 is 6.10 Å². The van der Waals surface area contributed by atoms with Crippen LogP contribution in [0.2, 0.25) is 0 Å². The zero-order chi connectivity index (χ0) is 38.9. The molecule has 0 heterocycles. The molecule has 2 aliphatic carbocycles. The first-order valence-corrected chi connectivity index (χ1v) is 22.5. The summed E-state index contributed by atoms with van der Waals surface area (Å²) in [5.41, 5.74) is 1.77. The first-order valence-electron chi connectivity index (χ1n) is 22.0. The van der Waals surface area contributed by atoms with Gasteiger partial charge in [0.1, 0.15) is 13.2 Å². The van der Waals surface area contributed by atoms with Crippen molar-refractivity contribution in [2.75, 3.05) is 13.2 Å². The van der Waals surface area contributed by atoms with Gasteiger partial charge < -0.3 is 19.7 Å².